The van der Waals surface area contributed by atoms with Crippen LogP contribution in [0.5, 0.6) is 0 Å². The Hall–Kier alpha value is -0.0900. The number of nitrogens with one attached hydrogen (secondary N) is 1. The first-order valence-corrected chi connectivity index (χ1v) is 9.22. The summed E-state index contributed by atoms with van der Waals surface area (Å²) in [6.07, 6.45) is 9.90. The Labute approximate surface area is 131 Å². The van der Waals surface area contributed by atoms with E-state index in [0.29, 0.717) is 6.61 Å². The van der Waals surface area contributed by atoms with Crippen LogP contribution in [-0.4, -0.2) is 31.0 Å². The summed E-state index contributed by atoms with van der Waals surface area (Å²) in [4.78, 5) is 12.5. The molecule has 4 unspecified atom stereocenters. The largest absolute Gasteiger partial charge is 0.383 e. The van der Waals surface area contributed by atoms with E-state index in [1.807, 2.05) is 0 Å². The van der Waals surface area contributed by atoms with Crippen molar-refractivity contribution >= 4 is 21.8 Å². The van der Waals surface area contributed by atoms with E-state index in [0.717, 1.165) is 36.4 Å². The number of hydrogen-bond acceptors (Lipinski definition) is 2. The zero-order valence-electron chi connectivity index (χ0n) is 12.6. The summed E-state index contributed by atoms with van der Waals surface area (Å²) in [7, 11) is 1.70. The number of methoxy groups -OCH3 is 1. The molecule has 2 saturated carbocycles. The van der Waals surface area contributed by atoms with Crippen molar-refractivity contribution in [3.8, 4) is 0 Å². The van der Waals surface area contributed by atoms with Gasteiger partial charge in [0.1, 0.15) is 0 Å². The van der Waals surface area contributed by atoms with Gasteiger partial charge < -0.3 is 10.1 Å². The van der Waals surface area contributed by atoms with E-state index < -0.39 is 0 Å². The fourth-order valence-electron chi connectivity index (χ4n) is 3.96. The fraction of sp³-hybridized carbons (Fsp3) is 0.938. The lowest BCUT2D eigenvalue weighted by Crippen LogP contribution is -2.44. The molecule has 2 fully saturated rings. The molecular weight excluding hydrogens is 318 g/mol. The average Bonchev–Trinajstić information content (AvgIpc) is 2.47. The Morgan fingerprint density at radius 1 is 1.25 bits per heavy atom. The molecule has 0 heterocycles. The van der Waals surface area contributed by atoms with E-state index in [-0.39, 0.29) is 17.9 Å². The van der Waals surface area contributed by atoms with Crippen molar-refractivity contribution in [1.82, 2.24) is 5.32 Å². The van der Waals surface area contributed by atoms with Crippen LogP contribution < -0.4 is 5.32 Å². The van der Waals surface area contributed by atoms with E-state index >= 15 is 0 Å². The molecule has 4 atom stereocenters. The number of carbonyl (C=O) groups excluding carboxylic acids is 1. The Kier molecular flexibility index (Phi) is 6.82. The quantitative estimate of drug-likeness (QED) is 0.748. The molecule has 0 saturated heterocycles. The number of halogens is 1. The van der Waals surface area contributed by atoms with Crippen LogP contribution in [0.4, 0.5) is 0 Å². The minimum absolute atomic E-state index is 0.149. The summed E-state index contributed by atoms with van der Waals surface area (Å²) in [5.41, 5.74) is 0. The van der Waals surface area contributed by atoms with Gasteiger partial charge in [-0.2, -0.15) is 0 Å². The van der Waals surface area contributed by atoms with Gasteiger partial charge in [0.25, 0.3) is 0 Å². The Balaban J connectivity index is 1.82. The SMILES string of the molecule is COCC(CCBr)NC(=O)C1CCC2CCCCC2C1. The van der Waals surface area contributed by atoms with Gasteiger partial charge in [0.15, 0.2) is 0 Å². The molecule has 0 radical (unpaired) electrons. The van der Waals surface area contributed by atoms with Crippen LogP contribution in [0.1, 0.15) is 51.4 Å². The maximum Gasteiger partial charge on any atom is 0.223 e. The molecule has 0 aliphatic heterocycles. The first-order chi connectivity index (χ1) is 9.74. The second-order valence-electron chi connectivity index (χ2n) is 6.45. The number of alkyl halides is 1. The van der Waals surface area contributed by atoms with Crippen LogP contribution in [0.25, 0.3) is 0 Å². The molecule has 2 aliphatic rings. The topological polar surface area (TPSA) is 38.3 Å². The van der Waals surface area contributed by atoms with Crippen molar-refractivity contribution in [1.29, 1.82) is 0 Å². The summed E-state index contributed by atoms with van der Waals surface area (Å²) >= 11 is 3.44. The average molecular weight is 346 g/mol. The van der Waals surface area contributed by atoms with Gasteiger partial charge in [-0.05, 0) is 37.5 Å². The Bertz CT molecular complexity index is 305. The molecular formula is C16H28BrNO2. The molecule has 0 aromatic rings. The van der Waals surface area contributed by atoms with Gasteiger partial charge >= 0.3 is 0 Å². The van der Waals surface area contributed by atoms with Crippen molar-refractivity contribution in [2.24, 2.45) is 17.8 Å². The van der Waals surface area contributed by atoms with Gasteiger partial charge in [-0.25, -0.2) is 0 Å². The number of fused-ring (bicyclic) bond motifs is 1. The number of hydrogen-bond donors (Lipinski definition) is 1. The van der Waals surface area contributed by atoms with Crippen molar-refractivity contribution < 1.29 is 9.53 Å². The highest BCUT2D eigenvalue weighted by atomic mass is 79.9. The molecule has 1 amide bonds. The first kappa shape index (κ1) is 16.3. The second-order valence-corrected chi connectivity index (χ2v) is 7.25. The summed E-state index contributed by atoms with van der Waals surface area (Å²) in [6, 6.07) is 0.149. The smallest absolute Gasteiger partial charge is 0.223 e. The molecule has 0 aromatic carbocycles. The molecule has 4 heteroatoms. The normalized spacial score (nSPS) is 31.4. The van der Waals surface area contributed by atoms with Crippen molar-refractivity contribution in [2.45, 2.75) is 57.4 Å². The lowest BCUT2D eigenvalue weighted by molar-refractivity contribution is -0.128. The van der Waals surface area contributed by atoms with Crippen LogP contribution in [0.2, 0.25) is 0 Å². The summed E-state index contributed by atoms with van der Waals surface area (Å²) in [5, 5.41) is 4.09. The summed E-state index contributed by atoms with van der Waals surface area (Å²) in [6.45, 7) is 0.607. The predicted octanol–water partition coefficient (Wildman–Crippen LogP) is 3.51. The number of carbonyl (C=O) groups is 1. The molecule has 20 heavy (non-hydrogen) atoms. The van der Waals surface area contributed by atoms with Gasteiger partial charge in [0.05, 0.1) is 12.6 Å². The third kappa shape index (κ3) is 4.45. The highest BCUT2D eigenvalue weighted by Gasteiger charge is 2.35. The maximum absolute atomic E-state index is 12.5. The monoisotopic (exact) mass is 345 g/mol. The standard InChI is InChI=1S/C16H28BrNO2/c1-20-11-15(8-9-17)18-16(19)14-7-6-12-4-2-3-5-13(12)10-14/h12-15H,2-11H2,1H3,(H,18,19). The van der Waals surface area contributed by atoms with Gasteiger partial charge in [0, 0.05) is 18.4 Å². The molecule has 2 aliphatic carbocycles. The third-order valence-corrected chi connectivity index (χ3v) is 5.54. The van der Waals surface area contributed by atoms with E-state index in [2.05, 4.69) is 21.2 Å². The zero-order chi connectivity index (χ0) is 14.4. The van der Waals surface area contributed by atoms with Crippen LogP contribution in [0.15, 0.2) is 0 Å². The van der Waals surface area contributed by atoms with Crippen LogP contribution in [-0.2, 0) is 9.53 Å². The minimum Gasteiger partial charge on any atom is -0.383 e. The van der Waals surface area contributed by atoms with E-state index in [4.69, 9.17) is 4.74 Å². The second kappa shape index (κ2) is 8.38. The number of rotatable bonds is 6. The lowest BCUT2D eigenvalue weighted by Gasteiger charge is -2.39. The van der Waals surface area contributed by atoms with Crippen LogP contribution >= 0.6 is 15.9 Å². The number of ether oxygens (including phenoxy) is 1. The first-order valence-electron chi connectivity index (χ1n) is 8.09. The highest BCUT2D eigenvalue weighted by molar-refractivity contribution is 9.09. The van der Waals surface area contributed by atoms with Gasteiger partial charge in [-0.3, -0.25) is 4.79 Å². The van der Waals surface area contributed by atoms with Gasteiger partial charge in [0.2, 0.25) is 5.91 Å². The fourth-order valence-corrected chi connectivity index (χ4v) is 4.51. The summed E-state index contributed by atoms with van der Waals surface area (Å²) in [5.74, 6) is 2.22. The van der Waals surface area contributed by atoms with E-state index in [1.165, 1.54) is 32.1 Å². The Morgan fingerprint density at radius 3 is 2.70 bits per heavy atom. The third-order valence-electron chi connectivity index (χ3n) is 5.08. The van der Waals surface area contributed by atoms with Crippen LogP contribution in [0.3, 0.4) is 0 Å². The molecule has 116 valence electrons. The van der Waals surface area contributed by atoms with Gasteiger partial charge in [-0.1, -0.05) is 41.6 Å². The lowest BCUT2D eigenvalue weighted by atomic mass is 9.67. The van der Waals surface area contributed by atoms with E-state index in [1.54, 1.807) is 7.11 Å². The zero-order valence-corrected chi connectivity index (χ0v) is 14.2. The van der Waals surface area contributed by atoms with Crippen molar-refractivity contribution in [2.75, 3.05) is 19.0 Å². The van der Waals surface area contributed by atoms with Crippen molar-refractivity contribution in [3.05, 3.63) is 0 Å². The Morgan fingerprint density at radius 2 is 2.00 bits per heavy atom. The molecule has 3 nitrogen and oxygen atoms in total. The molecule has 0 aromatic heterocycles. The molecule has 2 rings (SSSR count). The maximum atomic E-state index is 12.5. The van der Waals surface area contributed by atoms with Crippen molar-refractivity contribution in [3.63, 3.8) is 0 Å². The predicted molar refractivity (Wildman–Crippen MR) is 85.0 cm³/mol. The molecule has 0 spiro atoms. The molecule has 1 N–H and O–H groups in total. The van der Waals surface area contributed by atoms with E-state index in [9.17, 15) is 4.79 Å². The van der Waals surface area contributed by atoms with Crippen LogP contribution in [0, 0.1) is 17.8 Å². The highest BCUT2D eigenvalue weighted by Crippen LogP contribution is 2.42. The number of amides is 1. The summed E-state index contributed by atoms with van der Waals surface area (Å²) < 4.78 is 5.20. The minimum atomic E-state index is 0.149. The van der Waals surface area contributed by atoms with Gasteiger partial charge in [-0.15, -0.1) is 0 Å². The molecule has 0 bridgehead atoms.